The number of amides is 1. The molecule has 0 spiro atoms. The van der Waals surface area contributed by atoms with Crippen molar-refractivity contribution in [2.24, 2.45) is 0 Å². The lowest BCUT2D eigenvalue weighted by molar-refractivity contribution is 0.102. The quantitative estimate of drug-likeness (QED) is 0.598. The monoisotopic (exact) mass is 397 g/mol. The van der Waals surface area contributed by atoms with E-state index in [1.807, 2.05) is 66.7 Å². The third-order valence-electron chi connectivity index (χ3n) is 5.35. The van der Waals surface area contributed by atoms with Crippen molar-refractivity contribution in [3.8, 4) is 0 Å². The molecule has 0 radical (unpaired) electrons. The molecule has 30 heavy (non-hydrogen) atoms. The first-order valence-electron chi connectivity index (χ1n) is 10.6. The number of pyridine rings is 1. The standard InChI is InChI=1S/C26H27N3O/c30-26(23-13-10-22(11-14-23)20-29-17-4-1-5-18-29)28-25-9-6-7-21(19-25)12-15-24-8-2-3-16-27-24/h2-3,6-16,19H,1,4-5,17-18,20H2,(H,28,30)/b15-12+. The summed E-state index contributed by atoms with van der Waals surface area (Å²) in [6, 6.07) is 21.6. The van der Waals surface area contributed by atoms with Crippen LogP contribution in [0.2, 0.25) is 0 Å². The second-order valence-corrected chi connectivity index (χ2v) is 7.70. The molecule has 1 aliphatic heterocycles. The van der Waals surface area contributed by atoms with Crippen LogP contribution in [-0.2, 0) is 6.54 Å². The number of carbonyl (C=O) groups is 1. The van der Waals surface area contributed by atoms with E-state index in [1.54, 1.807) is 6.20 Å². The van der Waals surface area contributed by atoms with Crippen LogP contribution in [0.25, 0.3) is 12.2 Å². The van der Waals surface area contributed by atoms with E-state index in [2.05, 4.69) is 27.3 Å². The average molecular weight is 398 g/mol. The number of anilines is 1. The summed E-state index contributed by atoms with van der Waals surface area (Å²) in [5.41, 5.74) is 4.62. The van der Waals surface area contributed by atoms with Gasteiger partial charge in [0, 0.05) is 24.0 Å². The molecule has 2 aromatic carbocycles. The van der Waals surface area contributed by atoms with Gasteiger partial charge in [0.15, 0.2) is 0 Å². The van der Waals surface area contributed by atoms with Crippen molar-refractivity contribution in [2.75, 3.05) is 18.4 Å². The number of carbonyl (C=O) groups excluding carboxylic acids is 1. The Bertz CT molecular complexity index is 990. The van der Waals surface area contributed by atoms with E-state index in [4.69, 9.17) is 0 Å². The van der Waals surface area contributed by atoms with Gasteiger partial charge in [-0.3, -0.25) is 14.7 Å². The maximum atomic E-state index is 12.7. The highest BCUT2D eigenvalue weighted by Gasteiger charge is 2.11. The summed E-state index contributed by atoms with van der Waals surface area (Å²) >= 11 is 0. The van der Waals surface area contributed by atoms with Gasteiger partial charge in [-0.2, -0.15) is 0 Å². The largest absolute Gasteiger partial charge is 0.322 e. The lowest BCUT2D eigenvalue weighted by atomic mass is 10.1. The molecule has 4 heteroatoms. The van der Waals surface area contributed by atoms with Gasteiger partial charge in [-0.15, -0.1) is 0 Å². The minimum absolute atomic E-state index is 0.0922. The van der Waals surface area contributed by atoms with Crippen molar-refractivity contribution < 1.29 is 4.79 Å². The van der Waals surface area contributed by atoms with E-state index in [-0.39, 0.29) is 5.91 Å². The van der Waals surface area contributed by atoms with Gasteiger partial charge in [0.25, 0.3) is 5.91 Å². The molecule has 3 aromatic rings. The first kappa shape index (κ1) is 20.0. The number of likely N-dealkylation sites (tertiary alicyclic amines) is 1. The molecule has 152 valence electrons. The second kappa shape index (κ2) is 9.99. The maximum Gasteiger partial charge on any atom is 0.255 e. The summed E-state index contributed by atoms with van der Waals surface area (Å²) in [7, 11) is 0. The Morgan fingerprint density at radius 3 is 2.53 bits per heavy atom. The van der Waals surface area contributed by atoms with Crippen LogP contribution in [0.5, 0.6) is 0 Å². The fourth-order valence-corrected chi connectivity index (χ4v) is 3.72. The summed E-state index contributed by atoms with van der Waals surface area (Å²) < 4.78 is 0. The molecule has 0 atom stereocenters. The maximum absolute atomic E-state index is 12.7. The Kier molecular flexibility index (Phi) is 6.68. The molecule has 1 fully saturated rings. The zero-order valence-corrected chi connectivity index (χ0v) is 17.1. The van der Waals surface area contributed by atoms with Crippen LogP contribution in [0.4, 0.5) is 5.69 Å². The highest BCUT2D eigenvalue weighted by atomic mass is 16.1. The third kappa shape index (κ3) is 5.65. The van der Waals surface area contributed by atoms with Crippen LogP contribution in [0.1, 0.15) is 46.4 Å². The van der Waals surface area contributed by atoms with E-state index in [9.17, 15) is 4.79 Å². The number of piperidine rings is 1. The number of nitrogens with zero attached hydrogens (tertiary/aromatic N) is 2. The van der Waals surface area contributed by atoms with Gasteiger partial charge < -0.3 is 5.32 Å². The van der Waals surface area contributed by atoms with E-state index in [0.29, 0.717) is 5.56 Å². The highest BCUT2D eigenvalue weighted by molar-refractivity contribution is 6.04. The number of hydrogen-bond donors (Lipinski definition) is 1. The van der Waals surface area contributed by atoms with E-state index in [1.165, 1.54) is 37.9 Å². The Balaban J connectivity index is 1.37. The zero-order valence-electron chi connectivity index (χ0n) is 17.1. The summed E-state index contributed by atoms with van der Waals surface area (Å²) in [4.78, 5) is 19.4. The van der Waals surface area contributed by atoms with Crippen molar-refractivity contribution in [2.45, 2.75) is 25.8 Å². The molecule has 0 aliphatic carbocycles. The Morgan fingerprint density at radius 2 is 1.77 bits per heavy atom. The van der Waals surface area contributed by atoms with Crippen LogP contribution in [0.3, 0.4) is 0 Å². The van der Waals surface area contributed by atoms with Gasteiger partial charge >= 0.3 is 0 Å². The van der Waals surface area contributed by atoms with Crippen LogP contribution in [0, 0.1) is 0 Å². The van der Waals surface area contributed by atoms with E-state index in [0.717, 1.165) is 23.5 Å². The lowest BCUT2D eigenvalue weighted by Gasteiger charge is -2.26. The fraction of sp³-hybridized carbons (Fsp3) is 0.231. The summed E-state index contributed by atoms with van der Waals surface area (Å²) in [6.07, 6.45) is 9.65. The SMILES string of the molecule is O=C(Nc1cccc(/C=C/c2ccccn2)c1)c1ccc(CN2CCCCC2)cc1. The van der Waals surface area contributed by atoms with Gasteiger partial charge in [0.2, 0.25) is 0 Å². The minimum Gasteiger partial charge on any atom is -0.322 e. The summed E-state index contributed by atoms with van der Waals surface area (Å²) in [6.45, 7) is 3.31. The molecule has 1 aliphatic rings. The number of benzene rings is 2. The predicted molar refractivity (Wildman–Crippen MR) is 123 cm³/mol. The van der Waals surface area contributed by atoms with Crippen LogP contribution in [0.15, 0.2) is 72.9 Å². The molecule has 1 aromatic heterocycles. The van der Waals surface area contributed by atoms with Crippen LogP contribution < -0.4 is 5.32 Å². The Morgan fingerprint density at radius 1 is 0.933 bits per heavy atom. The molecule has 2 heterocycles. The molecule has 1 N–H and O–H groups in total. The Labute approximate surface area is 178 Å². The van der Waals surface area contributed by atoms with Gasteiger partial charge in [-0.05, 0) is 79.5 Å². The predicted octanol–water partition coefficient (Wildman–Crippen LogP) is 5.49. The number of rotatable bonds is 6. The number of aromatic nitrogens is 1. The average Bonchev–Trinajstić information content (AvgIpc) is 2.80. The number of nitrogens with one attached hydrogen (secondary N) is 1. The first-order chi connectivity index (χ1) is 14.8. The lowest BCUT2D eigenvalue weighted by Crippen LogP contribution is -2.29. The molecular weight excluding hydrogens is 370 g/mol. The zero-order chi connectivity index (χ0) is 20.6. The van der Waals surface area contributed by atoms with Gasteiger partial charge in [0.05, 0.1) is 5.69 Å². The van der Waals surface area contributed by atoms with Crippen molar-refractivity contribution >= 4 is 23.7 Å². The van der Waals surface area contributed by atoms with Crippen molar-refractivity contribution in [1.82, 2.24) is 9.88 Å². The van der Waals surface area contributed by atoms with Crippen molar-refractivity contribution in [3.05, 3.63) is 95.3 Å². The molecule has 4 nitrogen and oxygen atoms in total. The molecular formula is C26H27N3O. The van der Waals surface area contributed by atoms with Gasteiger partial charge in [-0.25, -0.2) is 0 Å². The molecule has 4 rings (SSSR count). The van der Waals surface area contributed by atoms with E-state index >= 15 is 0 Å². The topological polar surface area (TPSA) is 45.2 Å². The van der Waals surface area contributed by atoms with Crippen molar-refractivity contribution in [3.63, 3.8) is 0 Å². The fourth-order valence-electron chi connectivity index (χ4n) is 3.72. The smallest absolute Gasteiger partial charge is 0.255 e. The molecule has 0 bridgehead atoms. The van der Waals surface area contributed by atoms with Crippen molar-refractivity contribution in [1.29, 1.82) is 0 Å². The van der Waals surface area contributed by atoms with E-state index < -0.39 is 0 Å². The molecule has 0 unspecified atom stereocenters. The molecule has 1 amide bonds. The first-order valence-corrected chi connectivity index (χ1v) is 10.6. The molecule has 0 saturated carbocycles. The van der Waals surface area contributed by atoms with Crippen LogP contribution in [-0.4, -0.2) is 28.9 Å². The summed E-state index contributed by atoms with van der Waals surface area (Å²) in [5.74, 6) is -0.0922. The second-order valence-electron chi connectivity index (χ2n) is 7.70. The van der Waals surface area contributed by atoms with Crippen LogP contribution >= 0.6 is 0 Å². The minimum atomic E-state index is -0.0922. The third-order valence-corrected chi connectivity index (χ3v) is 5.35. The highest BCUT2D eigenvalue weighted by Crippen LogP contribution is 2.16. The Hall–Kier alpha value is -3.24. The molecule has 1 saturated heterocycles. The normalized spacial score (nSPS) is 14.7. The van der Waals surface area contributed by atoms with Gasteiger partial charge in [0.1, 0.15) is 0 Å². The van der Waals surface area contributed by atoms with Gasteiger partial charge in [-0.1, -0.05) is 42.8 Å². The summed E-state index contributed by atoms with van der Waals surface area (Å²) in [5, 5.41) is 3.00. The number of hydrogen-bond acceptors (Lipinski definition) is 3.